The summed E-state index contributed by atoms with van der Waals surface area (Å²) >= 11 is 5.83. The van der Waals surface area contributed by atoms with Crippen molar-refractivity contribution in [2.75, 3.05) is 19.8 Å². The van der Waals surface area contributed by atoms with E-state index in [0.29, 0.717) is 31.3 Å². The Kier molecular flexibility index (Phi) is 7.05. The number of benzene rings is 1. The maximum Gasteiger partial charge on any atom is 0.169 e. The fourth-order valence-corrected chi connectivity index (χ4v) is 1.74. The minimum Gasteiger partial charge on any atom is -0.506 e. The standard InChI is InChI=1S/C13H20ClNO3/c1-3-17-13(18-4-2)9-15-8-10-5-6-12(16)11(14)7-10/h5-7,13,15-16H,3-4,8-9H2,1-2H3. The van der Waals surface area contributed by atoms with Crippen LogP contribution in [0.2, 0.25) is 5.02 Å². The molecule has 4 nitrogen and oxygen atoms in total. The van der Waals surface area contributed by atoms with Gasteiger partial charge in [-0.15, -0.1) is 0 Å². The largest absolute Gasteiger partial charge is 0.506 e. The summed E-state index contributed by atoms with van der Waals surface area (Å²) < 4.78 is 10.8. The minimum absolute atomic E-state index is 0.0990. The number of ether oxygens (including phenoxy) is 2. The lowest BCUT2D eigenvalue weighted by atomic mass is 10.2. The summed E-state index contributed by atoms with van der Waals surface area (Å²) in [6.07, 6.45) is -0.229. The number of hydrogen-bond acceptors (Lipinski definition) is 4. The highest BCUT2D eigenvalue weighted by Crippen LogP contribution is 2.23. The SMILES string of the molecule is CCOC(CNCc1ccc(O)c(Cl)c1)OCC. The van der Waals surface area contributed by atoms with Gasteiger partial charge in [-0.05, 0) is 31.5 Å². The van der Waals surface area contributed by atoms with Gasteiger partial charge in [-0.25, -0.2) is 0 Å². The fraction of sp³-hybridized carbons (Fsp3) is 0.538. The van der Waals surface area contributed by atoms with Gasteiger partial charge in [0.2, 0.25) is 0 Å². The van der Waals surface area contributed by atoms with Crippen LogP contribution in [0.3, 0.4) is 0 Å². The molecule has 0 radical (unpaired) electrons. The molecule has 0 saturated carbocycles. The molecule has 0 fully saturated rings. The summed E-state index contributed by atoms with van der Waals surface area (Å²) in [7, 11) is 0. The molecule has 0 amide bonds. The number of nitrogens with one attached hydrogen (secondary N) is 1. The average Bonchev–Trinajstić information content (AvgIpc) is 2.34. The Hall–Kier alpha value is -0.810. The molecule has 1 aromatic carbocycles. The third-order valence-electron chi connectivity index (χ3n) is 2.36. The van der Waals surface area contributed by atoms with Crippen LogP contribution in [0.1, 0.15) is 19.4 Å². The van der Waals surface area contributed by atoms with E-state index in [1.165, 1.54) is 0 Å². The number of phenolic OH excluding ortho intramolecular Hbond substituents is 1. The zero-order chi connectivity index (χ0) is 13.4. The van der Waals surface area contributed by atoms with Gasteiger partial charge >= 0.3 is 0 Å². The maximum absolute atomic E-state index is 9.30. The first kappa shape index (κ1) is 15.2. The molecule has 5 heteroatoms. The normalized spacial score (nSPS) is 11.1. The molecule has 2 N–H and O–H groups in total. The number of phenols is 1. The van der Waals surface area contributed by atoms with Gasteiger partial charge in [0.1, 0.15) is 5.75 Å². The van der Waals surface area contributed by atoms with Crippen molar-refractivity contribution in [1.82, 2.24) is 5.32 Å². The zero-order valence-electron chi connectivity index (χ0n) is 10.8. The second-order valence-electron chi connectivity index (χ2n) is 3.76. The van der Waals surface area contributed by atoms with Crippen LogP contribution in [0.4, 0.5) is 0 Å². The van der Waals surface area contributed by atoms with Crippen LogP contribution in [-0.4, -0.2) is 31.2 Å². The highest BCUT2D eigenvalue weighted by Gasteiger charge is 2.07. The summed E-state index contributed by atoms with van der Waals surface area (Å²) in [5.74, 6) is 0.0990. The van der Waals surface area contributed by atoms with Crippen LogP contribution >= 0.6 is 11.6 Å². The summed E-state index contributed by atoms with van der Waals surface area (Å²) in [5, 5.41) is 12.9. The maximum atomic E-state index is 9.30. The molecule has 0 saturated heterocycles. The third kappa shape index (κ3) is 5.23. The molecule has 0 aliphatic carbocycles. The van der Waals surface area contributed by atoms with Gasteiger partial charge in [-0.2, -0.15) is 0 Å². The lowest BCUT2D eigenvalue weighted by molar-refractivity contribution is -0.133. The predicted octanol–water partition coefficient (Wildman–Crippen LogP) is 2.53. The molecule has 0 atom stereocenters. The quantitative estimate of drug-likeness (QED) is 0.715. The van der Waals surface area contributed by atoms with Crippen LogP contribution < -0.4 is 5.32 Å². The molecule has 0 unspecified atom stereocenters. The second-order valence-corrected chi connectivity index (χ2v) is 4.16. The first-order valence-corrected chi connectivity index (χ1v) is 6.46. The van der Waals surface area contributed by atoms with E-state index >= 15 is 0 Å². The van der Waals surface area contributed by atoms with Crippen molar-refractivity contribution < 1.29 is 14.6 Å². The Labute approximate surface area is 113 Å². The number of rotatable bonds is 8. The highest BCUT2D eigenvalue weighted by atomic mass is 35.5. The van der Waals surface area contributed by atoms with E-state index in [0.717, 1.165) is 5.56 Å². The van der Waals surface area contributed by atoms with Crippen LogP contribution in [0.5, 0.6) is 5.75 Å². The summed E-state index contributed by atoms with van der Waals surface area (Å²) in [6.45, 7) is 6.38. The topological polar surface area (TPSA) is 50.7 Å². The molecule has 102 valence electrons. The Morgan fingerprint density at radius 3 is 2.50 bits per heavy atom. The van der Waals surface area contributed by atoms with Crippen molar-refractivity contribution in [3.63, 3.8) is 0 Å². The molecule has 0 spiro atoms. The zero-order valence-corrected chi connectivity index (χ0v) is 11.5. The fourth-order valence-electron chi connectivity index (χ4n) is 1.53. The molecule has 18 heavy (non-hydrogen) atoms. The van der Waals surface area contributed by atoms with Crippen molar-refractivity contribution in [2.24, 2.45) is 0 Å². The molecule has 1 aromatic rings. The lowest BCUT2D eigenvalue weighted by Crippen LogP contribution is -2.31. The summed E-state index contributed by atoms with van der Waals surface area (Å²) in [5.41, 5.74) is 1.00. The predicted molar refractivity (Wildman–Crippen MR) is 71.9 cm³/mol. The third-order valence-corrected chi connectivity index (χ3v) is 2.66. The second kappa shape index (κ2) is 8.32. The Balaban J connectivity index is 2.37. The molecular formula is C13H20ClNO3. The van der Waals surface area contributed by atoms with Crippen molar-refractivity contribution in [2.45, 2.75) is 26.7 Å². The molecule has 0 aliphatic rings. The van der Waals surface area contributed by atoms with Crippen LogP contribution in [0.25, 0.3) is 0 Å². The number of hydrogen-bond donors (Lipinski definition) is 2. The molecule has 1 rings (SSSR count). The first-order valence-electron chi connectivity index (χ1n) is 6.08. The van der Waals surface area contributed by atoms with Crippen molar-refractivity contribution >= 4 is 11.6 Å². The van der Waals surface area contributed by atoms with Gasteiger partial charge in [-0.1, -0.05) is 17.7 Å². The summed E-state index contributed by atoms with van der Waals surface area (Å²) in [4.78, 5) is 0. The van der Waals surface area contributed by atoms with Gasteiger partial charge < -0.3 is 19.9 Å². The van der Waals surface area contributed by atoms with E-state index in [2.05, 4.69) is 5.32 Å². The van der Waals surface area contributed by atoms with Gasteiger partial charge in [0.15, 0.2) is 6.29 Å². The van der Waals surface area contributed by atoms with Crippen molar-refractivity contribution in [1.29, 1.82) is 0 Å². The molecule has 0 bridgehead atoms. The van der Waals surface area contributed by atoms with Crippen LogP contribution in [0.15, 0.2) is 18.2 Å². The smallest absolute Gasteiger partial charge is 0.169 e. The first-order chi connectivity index (χ1) is 8.67. The molecule has 0 aliphatic heterocycles. The lowest BCUT2D eigenvalue weighted by Gasteiger charge is -2.17. The Bertz CT molecular complexity index is 354. The molecular weight excluding hydrogens is 254 g/mol. The van der Waals surface area contributed by atoms with E-state index in [1.54, 1.807) is 12.1 Å². The van der Waals surface area contributed by atoms with Crippen LogP contribution in [0, 0.1) is 0 Å². The van der Waals surface area contributed by atoms with E-state index < -0.39 is 0 Å². The number of aromatic hydroxyl groups is 1. The molecule has 0 heterocycles. The van der Waals surface area contributed by atoms with Crippen molar-refractivity contribution in [3.8, 4) is 5.75 Å². The van der Waals surface area contributed by atoms with E-state index in [9.17, 15) is 5.11 Å². The van der Waals surface area contributed by atoms with Gasteiger partial charge in [-0.3, -0.25) is 0 Å². The molecule has 0 aromatic heterocycles. The summed E-state index contributed by atoms with van der Waals surface area (Å²) in [6, 6.07) is 5.15. The van der Waals surface area contributed by atoms with Gasteiger partial charge in [0.25, 0.3) is 0 Å². The Morgan fingerprint density at radius 2 is 1.94 bits per heavy atom. The average molecular weight is 274 g/mol. The Morgan fingerprint density at radius 1 is 1.28 bits per heavy atom. The van der Waals surface area contributed by atoms with Crippen molar-refractivity contribution in [3.05, 3.63) is 28.8 Å². The highest BCUT2D eigenvalue weighted by molar-refractivity contribution is 6.32. The van der Waals surface area contributed by atoms with Crippen LogP contribution in [-0.2, 0) is 16.0 Å². The van der Waals surface area contributed by atoms with E-state index in [-0.39, 0.29) is 12.0 Å². The van der Waals surface area contributed by atoms with Gasteiger partial charge in [0.05, 0.1) is 5.02 Å². The minimum atomic E-state index is -0.229. The van der Waals surface area contributed by atoms with Gasteiger partial charge in [0, 0.05) is 26.3 Å². The number of halogens is 1. The van der Waals surface area contributed by atoms with E-state index in [4.69, 9.17) is 21.1 Å². The monoisotopic (exact) mass is 273 g/mol. The van der Waals surface area contributed by atoms with E-state index in [1.807, 2.05) is 19.9 Å².